The molecule has 64 valence electrons. The van der Waals surface area contributed by atoms with E-state index in [-0.39, 0.29) is 12.3 Å². The summed E-state index contributed by atoms with van der Waals surface area (Å²) in [6, 6.07) is 0. The molecule has 0 aromatic heterocycles. The number of hydrogen-bond donors (Lipinski definition) is 2. The molecule has 0 amide bonds. The fraction of sp³-hybridized carbons (Fsp3) is 0.875. The molecule has 3 nitrogen and oxygen atoms in total. The van der Waals surface area contributed by atoms with Crippen molar-refractivity contribution in [2.75, 3.05) is 6.54 Å². The van der Waals surface area contributed by atoms with Gasteiger partial charge >= 0.3 is 5.97 Å². The average molecular weight is 157 g/mol. The van der Waals surface area contributed by atoms with E-state index >= 15 is 0 Å². The van der Waals surface area contributed by atoms with Crippen LogP contribution in [0.2, 0.25) is 0 Å². The summed E-state index contributed by atoms with van der Waals surface area (Å²) >= 11 is 0. The third-order valence-electron chi connectivity index (χ3n) is 2.56. The predicted molar refractivity (Wildman–Crippen MR) is 42.1 cm³/mol. The van der Waals surface area contributed by atoms with Gasteiger partial charge in [-0.1, -0.05) is 19.3 Å². The van der Waals surface area contributed by atoms with Crippen molar-refractivity contribution in [2.24, 2.45) is 17.6 Å². The Kier molecular flexibility index (Phi) is 2.88. The highest BCUT2D eigenvalue weighted by atomic mass is 16.4. The Hall–Kier alpha value is -0.570. The highest BCUT2D eigenvalue weighted by Crippen LogP contribution is 2.34. The molecule has 1 rings (SSSR count). The number of nitrogens with two attached hydrogens (primary N) is 1. The van der Waals surface area contributed by atoms with Gasteiger partial charge < -0.3 is 10.8 Å². The van der Waals surface area contributed by atoms with Crippen molar-refractivity contribution in [1.29, 1.82) is 0 Å². The first-order chi connectivity index (χ1) is 5.24. The van der Waals surface area contributed by atoms with Gasteiger partial charge in [0.25, 0.3) is 0 Å². The van der Waals surface area contributed by atoms with Crippen LogP contribution in [0.15, 0.2) is 0 Å². The Balaban J connectivity index is 2.29. The Morgan fingerprint density at radius 3 is 2.55 bits per heavy atom. The first-order valence-electron chi connectivity index (χ1n) is 4.16. The van der Waals surface area contributed by atoms with Crippen molar-refractivity contribution in [1.82, 2.24) is 0 Å². The quantitative estimate of drug-likeness (QED) is 0.635. The Morgan fingerprint density at radius 1 is 1.64 bits per heavy atom. The van der Waals surface area contributed by atoms with Crippen molar-refractivity contribution in [3.05, 3.63) is 0 Å². The molecule has 1 fully saturated rings. The van der Waals surface area contributed by atoms with Gasteiger partial charge in [-0.2, -0.15) is 0 Å². The molecule has 3 N–H and O–H groups in total. The number of carbonyl (C=O) groups is 1. The van der Waals surface area contributed by atoms with Gasteiger partial charge in [-0.3, -0.25) is 4.79 Å². The van der Waals surface area contributed by atoms with Gasteiger partial charge in [-0.25, -0.2) is 0 Å². The summed E-state index contributed by atoms with van der Waals surface area (Å²) in [5, 5.41) is 8.53. The van der Waals surface area contributed by atoms with E-state index in [4.69, 9.17) is 10.8 Å². The second-order valence-corrected chi connectivity index (χ2v) is 3.28. The molecule has 0 aromatic carbocycles. The summed E-state index contributed by atoms with van der Waals surface area (Å²) in [6.07, 6.45) is 3.85. The first-order valence-corrected chi connectivity index (χ1v) is 4.16. The van der Waals surface area contributed by atoms with Crippen LogP contribution >= 0.6 is 0 Å². The molecule has 1 unspecified atom stereocenters. The Bertz CT molecular complexity index is 143. The fourth-order valence-corrected chi connectivity index (χ4v) is 1.58. The van der Waals surface area contributed by atoms with Crippen LogP contribution in [0.25, 0.3) is 0 Å². The van der Waals surface area contributed by atoms with Crippen molar-refractivity contribution in [3.8, 4) is 0 Å². The summed E-state index contributed by atoms with van der Waals surface area (Å²) in [5.74, 6) is 0.102. The van der Waals surface area contributed by atoms with Gasteiger partial charge in [0.15, 0.2) is 0 Å². The standard InChI is InChI=1S/C8H15NO2/c9-5-7(4-8(10)11)6-2-1-3-6/h6-7H,1-5,9H2,(H,10,11). The molecule has 11 heavy (non-hydrogen) atoms. The van der Waals surface area contributed by atoms with Crippen LogP contribution in [-0.4, -0.2) is 17.6 Å². The van der Waals surface area contributed by atoms with E-state index in [1.807, 2.05) is 0 Å². The molecule has 0 spiro atoms. The maximum Gasteiger partial charge on any atom is 0.303 e. The third kappa shape index (κ3) is 2.19. The number of carboxylic acid groups (broad SMARTS) is 1. The average Bonchev–Trinajstić information content (AvgIpc) is 1.81. The largest absolute Gasteiger partial charge is 0.481 e. The number of hydrogen-bond acceptors (Lipinski definition) is 2. The van der Waals surface area contributed by atoms with E-state index in [1.54, 1.807) is 0 Å². The van der Waals surface area contributed by atoms with E-state index in [2.05, 4.69) is 0 Å². The fourth-order valence-electron chi connectivity index (χ4n) is 1.58. The van der Waals surface area contributed by atoms with Crippen LogP contribution in [0.4, 0.5) is 0 Å². The molecule has 0 aromatic rings. The van der Waals surface area contributed by atoms with Crippen LogP contribution in [0.3, 0.4) is 0 Å². The molecule has 0 saturated heterocycles. The van der Waals surface area contributed by atoms with Gasteiger partial charge in [0.1, 0.15) is 0 Å². The third-order valence-corrected chi connectivity index (χ3v) is 2.56. The van der Waals surface area contributed by atoms with E-state index in [1.165, 1.54) is 19.3 Å². The lowest BCUT2D eigenvalue weighted by atomic mass is 9.74. The number of rotatable bonds is 4. The summed E-state index contributed by atoms with van der Waals surface area (Å²) in [4.78, 5) is 10.4. The molecule has 1 aliphatic carbocycles. The van der Waals surface area contributed by atoms with Crippen LogP contribution in [0.5, 0.6) is 0 Å². The molecule has 0 aliphatic heterocycles. The molecular formula is C8H15NO2. The van der Waals surface area contributed by atoms with Crippen molar-refractivity contribution >= 4 is 5.97 Å². The highest BCUT2D eigenvalue weighted by molar-refractivity contribution is 5.67. The molecular weight excluding hydrogens is 142 g/mol. The van der Waals surface area contributed by atoms with E-state index in [9.17, 15) is 4.79 Å². The van der Waals surface area contributed by atoms with Gasteiger partial charge in [-0.15, -0.1) is 0 Å². The second-order valence-electron chi connectivity index (χ2n) is 3.28. The predicted octanol–water partition coefficient (Wildman–Crippen LogP) is 0.836. The first kappa shape index (κ1) is 8.53. The number of carboxylic acids is 1. The van der Waals surface area contributed by atoms with Crippen molar-refractivity contribution < 1.29 is 9.90 Å². The zero-order chi connectivity index (χ0) is 8.27. The summed E-state index contributed by atoms with van der Waals surface area (Å²) in [5.41, 5.74) is 5.47. The summed E-state index contributed by atoms with van der Waals surface area (Å²) in [7, 11) is 0. The van der Waals surface area contributed by atoms with Crippen LogP contribution < -0.4 is 5.73 Å². The van der Waals surface area contributed by atoms with E-state index in [0.717, 1.165) is 0 Å². The monoisotopic (exact) mass is 157 g/mol. The van der Waals surface area contributed by atoms with Gasteiger partial charge in [-0.05, 0) is 18.4 Å². The normalized spacial score (nSPS) is 20.8. The van der Waals surface area contributed by atoms with Crippen LogP contribution in [0, 0.1) is 11.8 Å². The minimum absolute atomic E-state index is 0.223. The zero-order valence-electron chi connectivity index (χ0n) is 6.62. The molecule has 0 heterocycles. The lowest BCUT2D eigenvalue weighted by Gasteiger charge is -2.32. The molecule has 0 bridgehead atoms. The summed E-state index contributed by atoms with van der Waals surface area (Å²) < 4.78 is 0. The topological polar surface area (TPSA) is 63.3 Å². The molecule has 1 saturated carbocycles. The van der Waals surface area contributed by atoms with Crippen LogP contribution in [0.1, 0.15) is 25.7 Å². The maximum atomic E-state index is 10.4. The Morgan fingerprint density at radius 2 is 2.27 bits per heavy atom. The smallest absolute Gasteiger partial charge is 0.303 e. The molecule has 3 heteroatoms. The second kappa shape index (κ2) is 3.72. The van der Waals surface area contributed by atoms with Gasteiger partial charge in [0, 0.05) is 6.42 Å². The van der Waals surface area contributed by atoms with Crippen LogP contribution in [-0.2, 0) is 4.79 Å². The van der Waals surface area contributed by atoms with E-state index in [0.29, 0.717) is 12.5 Å². The Labute approximate surface area is 66.6 Å². The maximum absolute atomic E-state index is 10.4. The molecule has 1 atom stereocenters. The van der Waals surface area contributed by atoms with E-state index < -0.39 is 5.97 Å². The summed E-state index contributed by atoms with van der Waals surface area (Å²) in [6.45, 7) is 0.525. The molecule has 0 radical (unpaired) electrons. The lowest BCUT2D eigenvalue weighted by Crippen LogP contribution is -2.30. The van der Waals surface area contributed by atoms with Gasteiger partial charge in [0.05, 0.1) is 0 Å². The molecule has 1 aliphatic rings. The number of aliphatic carboxylic acids is 1. The zero-order valence-corrected chi connectivity index (χ0v) is 6.62. The SMILES string of the molecule is NCC(CC(=O)O)C1CCC1. The van der Waals surface area contributed by atoms with Crippen molar-refractivity contribution in [2.45, 2.75) is 25.7 Å². The highest BCUT2D eigenvalue weighted by Gasteiger charge is 2.27. The lowest BCUT2D eigenvalue weighted by molar-refractivity contribution is -0.138. The minimum Gasteiger partial charge on any atom is -0.481 e. The minimum atomic E-state index is -0.715. The van der Waals surface area contributed by atoms with Gasteiger partial charge in [0.2, 0.25) is 0 Å². The van der Waals surface area contributed by atoms with Crippen molar-refractivity contribution in [3.63, 3.8) is 0 Å².